The van der Waals surface area contributed by atoms with Crippen LogP contribution in [-0.4, -0.2) is 15.9 Å². The Labute approximate surface area is 125 Å². The van der Waals surface area contributed by atoms with Crippen molar-refractivity contribution in [1.82, 2.24) is 9.66 Å². The van der Waals surface area contributed by atoms with Gasteiger partial charge in [0.1, 0.15) is 5.76 Å². The Balaban J connectivity index is 2.02. The first-order valence-electron chi connectivity index (χ1n) is 6.65. The van der Waals surface area contributed by atoms with Crippen LogP contribution in [0, 0.1) is 0 Å². The Hall–Kier alpha value is -3.15. The second-order valence-electron chi connectivity index (χ2n) is 4.74. The summed E-state index contributed by atoms with van der Waals surface area (Å²) >= 11 is 0. The van der Waals surface area contributed by atoms with Gasteiger partial charge in [0.2, 0.25) is 0 Å². The number of furan rings is 1. The summed E-state index contributed by atoms with van der Waals surface area (Å²) in [6.45, 7) is 1.80. The molecule has 1 aromatic carbocycles. The van der Waals surface area contributed by atoms with Crippen LogP contribution in [0.3, 0.4) is 0 Å². The van der Waals surface area contributed by atoms with Gasteiger partial charge in [-0.2, -0.15) is 5.10 Å². The van der Waals surface area contributed by atoms with Crippen molar-refractivity contribution in [3.05, 3.63) is 74.8 Å². The van der Waals surface area contributed by atoms with E-state index in [1.807, 2.05) is 0 Å². The average Bonchev–Trinajstić information content (AvgIpc) is 3.00. The molecule has 0 aliphatic rings. The number of allylic oxidation sites excluding steroid dienone is 1. The number of aromatic amines is 1. The Kier molecular flexibility index (Phi) is 3.57. The number of aromatic nitrogens is 2. The zero-order valence-corrected chi connectivity index (χ0v) is 11.8. The largest absolute Gasteiger partial charge is 0.465 e. The minimum Gasteiger partial charge on any atom is -0.465 e. The van der Waals surface area contributed by atoms with Crippen molar-refractivity contribution in [3.63, 3.8) is 0 Å². The molecule has 3 aromatic rings. The molecule has 110 valence electrons. The third-order valence-electron chi connectivity index (χ3n) is 3.07. The maximum absolute atomic E-state index is 12.3. The molecule has 2 heterocycles. The highest BCUT2D eigenvalue weighted by Gasteiger charge is 2.05. The number of H-pyrrole nitrogens is 1. The fourth-order valence-corrected chi connectivity index (χ4v) is 2.04. The fourth-order valence-electron chi connectivity index (χ4n) is 2.04. The van der Waals surface area contributed by atoms with E-state index in [9.17, 15) is 9.59 Å². The lowest BCUT2D eigenvalue weighted by atomic mass is 10.2. The molecule has 6 nitrogen and oxygen atoms in total. The first-order valence-corrected chi connectivity index (χ1v) is 6.65. The summed E-state index contributed by atoms with van der Waals surface area (Å²) in [4.78, 5) is 26.8. The quantitative estimate of drug-likeness (QED) is 0.752. The third-order valence-corrected chi connectivity index (χ3v) is 3.07. The first-order chi connectivity index (χ1) is 10.6. The van der Waals surface area contributed by atoms with Gasteiger partial charge in [0.05, 0.1) is 23.4 Å². The number of nitrogens with zero attached hydrogens (tertiary/aromatic N) is 2. The number of hydrogen-bond donors (Lipinski definition) is 1. The van der Waals surface area contributed by atoms with Crippen molar-refractivity contribution >= 4 is 23.2 Å². The van der Waals surface area contributed by atoms with Crippen LogP contribution in [0.4, 0.5) is 0 Å². The number of fused-ring (bicyclic) bond motifs is 1. The van der Waals surface area contributed by atoms with Crippen LogP contribution in [0.25, 0.3) is 17.0 Å². The van der Waals surface area contributed by atoms with E-state index >= 15 is 0 Å². The lowest BCUT2D eigenvalue weighted by molar-refractivity contribution is 0.557. The lowest BCUT2D eigenvalue weighted by Crippen LogP contribution is -2.32. The molecule has 6 heteroatoms. The number of rotatable bonds is 3. The molecule has 2 aromatic heterocycles. The third kappa shape index (κ3) is 2.67. The molecule has 22 heavy (non-hydrogen) atoms. The van der Waals surface area contributed by atoms with E-state index in [-0.39, 0.29) is 0 Å². The van der Waals surface area contributed by atoms with E-state index in [1.54, 1.807) is 55.7 Å². The van der Waals surface area contributed by atoms with Crippen molar-refractivity contribution < 1.29 is 4.42 Å². The number of benzene rings is 1. The molecule has 0 saturated carbocycles. The summed E-state index contributed by atoms with van der Waals surface area (Å²) in [5.74, 6) is 0.670. The minimum atomic E-state index is -0.578. The summed E-state index contributed by atoms with van der Waals surface area (Å²) in [5.41, 5.74) is 0.202. The van der Waals surface area contributed by atoms with Gasteiger partial charge in [-0.3, -0.25) is 4.79 Å². The van der Waals surface area contributed by atoms with Gasteiger partial charge in [0, 0.05) is 0 Å². The molecule has 0 fully saturated rings. The van der Waals surface area contributed by atoms with Crippen LogP contribution in [0.2, 0.25) is 0 Å². The molecule has 0 aliphatic heterocycles. The first kappa shape index (κ1) is 13.8. The summed E-state index contributed by atoms with van der Waals surface area (Å²) in [7, 11) is 0. The highest BCUT2D eigenvalue weighted by molar-refractivity contribution is 5.84. The van der Waals surface area contributed by atoms with Crippen molar-refractivity contribution in [2.45, 2.75) is 6.92 Å². The van der Waals surface area contributed by atoms with E-state index in [4.69, 9.17) is 4.42 Å². The zero-order chi connectivity index (χ0) is 15.5. The molecule has 0 spiro atoms. The Morgan fingerprint density at radius 2 is 2.05 bits per heavy atom. The summed E-state index contributed by atoms with van der Waals surface area (Å²) < 4.78 is 5.99. The van der Waals surface area contributed by atoms with E-state index in [2.05, 4.69) is 10.1 Å². The zero-order valence-electron chi connectivity index (χ0n) is 11.8. The molecule has 0 radical (unpaired) electrons. The molecule has 0 amide bonds. The van der Waals surface area contributed by atoms with Gasteiger partial charge >= 0.3 is 5.69 Å². The van der Waals surface area contributed by atoms with Crippen LogP contribution >= 0.6 is 0 Å². The smallest absolute Gasteiger partial charge is 0.349 e. The van der Waals surface area contributed by atoms with Gasteiger partial charge in [-0.1, -0.05) is 12.1 Å². The predicted octanol–water partition coefficient (Wildman–Crippen LogP) is 2.22. The summed E-state index contributed by atoms with van der Waals surface area (Å²) in [5, 5.41) is 4.37. The summed E-state index contributed by atoms with van der Waals surface area (Å²) in [6, 6.07) is 10.4. The molecule has 0 unspecified atom stereocenters. The fraction of sp³-hybridized carbons (Fsp3) is 0.0625. The van der Waals surface area contributed by atoms with Crippen LogP contribution in [0.5, 0.6) is 0 Å². The Morgan fingerprint density at radius 3 is 2.82 bits per heavy atom. The van der Waals surface area contributed by atoms with Gasteiger partial charge in [0.25, 0.3) is 5.56 Å². The second-order valence-corrected chi connectivity index (χ2v) is 4.74. The second kappa shape index (κ2) is 5.69. The maximum atomic E-state index is 12.3. The molecule has 0 aliphatic carbocycles. The van der Waals surface area contributed by atoms with Crippen molar-refractivity contribution in [1.29, 1.82) is 0 Å². The van der Waals surface area contributed by atoms with Gasteiger partial charge < -0.3 is 9.40 Å². The Bertz CT molecular complexity index is 976. The van der Waals surface area contributed by atoms with Crippen LogP contribution in [-0.2, 0) is 0 Å². The Morgan fingerprint density at radius 1 is 1.23 bits per heavy atom. The SMILES string of the molecule is C/C(C=Nn1c(=O)[nH]c2ccccc2c1=O)=C\c1ccco1. The van der Waals surface area contributed by atoms with Crippen molar-refractivity contribution in [2.24, 2.45) is 5.10 Å². The maximum Gasteiger partial charge on any atom is 0.349 e. The van der Waals surface area contributed by atoms with E-state index < -0.39 is 11.2 Å². The topological polar surface area (TPSA) is 80.4 Å². The molecular formula is C16H13N3O3. The molecule has 0 saturated heterocycles. The molecule has 1 N–H and O–H groups in total. The summed E-state index contributed by atoms with van der Waals surface area (Å²) in [6.07, 6.45) is 4.76. The van der Waals surface area contributed by atoms with Gasteiger partial charge in [-0.15, -0.1) is 4.68 Å². The van der Waals surface area contributed by atoms with Crippen molar-refractivity contribution in [3.8, 4) is 0 Å². The monoisotopic (exact) mass is 295 g/mol. The van der Waals surface area contributed by atoms with Crippen LogP contribution in [0.15, 0.2) is 67.3 Å². The van der Waals surface area contributed by atoms with Gasteiger partial charge in [-0.25, -0.2) is 4.79 Å². The number of para-hydroxylation sites is 1. The van der Waals surface area contributed by atoms with E-state index in [0.717, 1.165) is 10.2 Å². The predicted molar refractivity (Wildman–Crippen MR) is 85.1 cm³/mol. The molecular weight excluding hydrogens is 282 g/mol. The molecule has 0 atom stereocenters. The molecule has 0 bridgehead atoms. The van der Waals surface area contributed by atoms with E-state index in [0.29, 0.717) is 16.7 Å². The highest BCUT2D eigenvalue weighted by Crippen LogP contribution is 2.06. The normalized spacial score (nSPS) is 12.3. The van der Waals surface area contributed by atoms with Gasteiger partial charge in [-0.05, 0) is 42.8 Å². The lowest BCUT2D eigenvalue weighted by Gasteiger charge is -2.00. The van der Waals surface area contributed by atoms with Crippen LogP contribution in [0.1, 0.15) is 12.7 Å². The minimum absolute atomic E-state index is 0.409. The highest BCUT2D eigenvalue weighted by atomic mass is 16.3. The van der Waals surface area contributed by atoms with Gasteiger partial charge in [0.15, 0.2) is 0 Å². The van der Waals surface area contributed by atoms with Crippen LogP contribution < -0.4 is 11.2 Å². The number of hydrogen-bond acceptors (Lipinski definition) is 4. The standard InChI is InChI=1S/C16H13N3O3/c1-11(9-12-5-4-8-22-12)10-17-19-15(20)13-6-2-3-7-14(13)18-16(19)21/h2-10H,1H3,(H,18,21)/b11-9+,17-10?. The average molecular weight is 295 g/mol. The van der Waals surface area contributed by atoms with Crippen molar-refractivity contribution in [2.75, 3.05) is 0 Å². The van der Waals surface area contributed by atoms with E-state index in [1.165, 1.54) is 6.21 Å². The number of nitrogens with one attached hydrogen (secondary N) is 1. The molecule has 3 rings (SSSR count).